The van der Waals surface area contributed by atoms with Crippen molar-refractivity contribution in [3.63, 3.8) is 0 Å². The van der Waals surface area contributed by atoms with Gasteiger partial charge in [-0.05, 0) is 62.9 Å². The minimum Gasteiger partial charge on any atom is -0.331 e. The van der Waals surface area contributed by atoms with Gasteiger partial charge >= 0.3 is 0 Å². The van der Waals surface area contributed by atoms with Crippen molar-refractivity contribution in [2.24, 2.45) is 0 Å². The maximum atomic E-state index is 13.0. The van der Waals surface area contributed by atoms with Gasteiger partial charge in [0, 0.05) is 24.2 Å². The summed E-state index contributed by atoms with van der Waals surface area (Å²) in [6, 6.07) is 7.22. The molecule has 1 aliphatic carbocycles. The first-order valence-corrected chi connectivity index (χ1v) is 11.0. The van der Waals surface area contributed by atoms with Crippen molar-refractivity contribution in [1.29, 1.82) is 0 Å². The van der Waals surface area contributed by atoms with E-state index in [4.69, 9.17) is 0 Å². The Hall–Kier alpha value is -1.11. The molecule has 1 aromatic rings. The summed E-state index contributed by atoms with van der Waals surface area (Å²) in [5.74, 6) is 0.0426. The smallest absolute Gasteiger partial charge is 0.254 e. The van der Waals surface area contributed by atoms with Crippen LogP contribution in [0, 0.1) is 0 Å². The van der Waals surface area contributed by atoms with E-state index in [1.807, 2.05) is 4.90 Å². The maximum Gasteiger partial charge on any atom is 0.254 e. The van der Waals surface area contributed by atoms with E-state index in [0.717, 1.165) is 58.0 Å². The summed E-state index contributed by atoms with van der Waals surface area (Å²) in [5, 5.41) is 3.15. The molecule has 1 N–H and O–H groups in total. The number of benzene rings is 1. The van der Waals surface area contributed by atoms with Crippen LogP contribution in [-0.2, 0) is 9.84 Å². The lowest BCUT2D eigenvalue weighted by atomic mass is 10.1. The van der Waals surface area contributed by atoms with E-state index in [0.29, 0.717) is 16.5 Å². The van der Waals surface area contributed by atoms with Crippen LogP contribution < -0.4 is 5.32 Å². The molecule has 1 aromatic carbocycles. The van der Waals surface area contributed by atoms with Gasteiger partial charge in [-0.15, -0.1) is 12.4 Å². The van der Waals surface area contributed by atoms with E-state index in [9.17, 15) is 13.2 Å². The fourth-order valence-electron chi connectivity index (χ4n) is 4.64. The zero-order valence-electron chi connectivity index (χ0n) is 14.9. The quantitative estimate of drug-likeness (QED) is 0.850. The number of nitrogens with zero attached hydrogens (tertiary/aromatic N) is 1. The van der Waals surface area contributed by atoms with Gasteiger partial charge in [0.05, 0.1) is 10.1 Å². The molecule has 2 saturated heterocycles. The summed E-state index contributed by atoms with van der Waals surface area (Å²) in [6.45, 7) is 1.82. The summed E-state index contributed by atoms with van der Waals surface area (Å²) in [7, 11) is -3.26. The summed E-state index contributed by atoms with van der Waals surface area (Å²) >= 11 is 0. The van der Waals surface area contributed by atoms with E-state index in [-0.39, 0.29) is 29.6 Å². The van der Waals surface area contributed by atoms with Crippen LogP contribution in [0.1, 0.15) is 55.3 Å². The fourth-order valence-corrected chi connectivity index (χ4v) is 6.50. The molecule has 5 nitrogen and oxygen atoms in total. The Morgan fingerprint density at radius 3 is 2.31 bits per heavy atom. The van der Waals surface area contributed by atoms with Crippen molar-refractivity contribution in [2.75, 3.05) is 13.1 Å². The molecule has 3 aliphatic rings. The lowest BCUT2D eigenvalue weighted by Gasteiger charge is -2.28. The van der Waals surface area contributed by atoms with E-state index in [2.05, 4.69) is 5.32 Å². The van der Waals surface area contributed by atoms with Crippen molar-refractivity contribution >= 4 is 28.2 Å². The maximum absolute atomic E-state index is 13.0. The normalized spacial score (nSPS) is 26.4. The largest absolute Gasteiger partial charge is 0.331 e. The minimum absolute atomic E-state index is 0. The van der Waals surface area contributed by atoms with Crippen molar-refractivity contribution in [3.05, 3.63) is 29.8 Å². The van der Waals surface area contributed by atoms with Crippen molar-refractivity contribution in [3.8, 4) is 0 Å². The Morgan fingerprint density at radius 2 is 1.62 bits per heavy atom. The van der Waals surface area contributed by atoms with E-state index < -0.39 is 9.84 Å². The summed E-state index contributed by atoms with van der Waals surface area (Å²) in [4.78, 5) is 15.4. The zero-order chi connectivity index (χ0) is 17.4. The number of amides is 1. The van der Waals surface area contributed by atoms with Crippen LogP contribution in [0.2, 0.25) is 0 Å². The van der Waals surface area contributed by atoms with Crippen molar-refractivity contribution in [1.82, 2.24) is 10.2 Å². The second kappa shape index (κ2) is 7.87. The third kappa shape index (κ3) is 3.51. The molecule has 26 heavy (non-hydrogen) atoms. The fraction of sp³-hybridized carbons (Fsp3) is 0.632. The first-order valence-electron chi connectivity index (χ1n) is 9.45. The van der Waals surface area contributed by atoms with Crippen LogP contribution in [0.25, 0.3) is 0 Å². The lowest BCUT2D eigenvalue weighted by Crippen LogP contribution is -2.42. The van der Waals surface area contributed by atoms with Gasteiger partial charge in [-0.25, -0.2) is 8.42 Å². The number of fused-ring (bicyclic) bond motifs is 2. The van der Waals surface area contributed by atoms with Crippen LogP contribution in [0.15, 0.2) is 29.2 Å². The number of rotatable bonds is 3. The third-order valence-corrected chi connectivity index (χ3v) is 8.34. The molecule has 0 radical (unpaired) electrons. The Bertz CT molecular complexity index is 731. The first kappa shape index (κ1) is 19.6. The van der Waals surface area contributed by atoms with Gasteiger partial charge < -0.3 is 10.2 Å². The highest BCUT2D eigenvalue weighted by Crippen LogP contribution is 2.31. The molecule has 1 saturated carbocycles. The molecule has 1 amide bonds. The SMILES string of the molecule is Cl.O=C(c1ccc(S(=O)(=O)C2CCCC2)cc1)N1C2CCNCC1CC2. The summed E-state index contributed by atoms with van der Waals surface area (Å²) in [6.07, 6.45) is 6.62. The van der Waals surface area contributed by atoms with Crippen LogP contribution >= 0.6 is 12.4 Å². The van der Waals surface area contributed by atoms with Crippen LogP contribution in [0.3, 0.4) is 0 Å². The molecule has 7 heteroatoms. The topological polar surface area (TPSA) is 66.5 Å². The molecule has 0 spiro atoms. The molecule has 2 atom stereocenters. The van der Waals surface area contributed by atoms with Crippen LogP contribution in [0.4, 0.5) is 0 Å². The molecule has 2 aliphatic heterocycles. The second-order valence-electron chi connectivity index (χ2n) is 7.57. The Kier molecular flexibility index (Phi) is 5.94. The minimum atomic E-state index is -3.26. The van der Waals surface area contributed by atoms with Gasteiger partial charge in [-0.2, -0.15) is 0 Å². The van der Waals surface area contributed by atoms with Crippen LogP contribution in [0.5, 0.6) is 0 Å². The van der Waals surface area contributed by atoms with Gasteiger partial charge in [-0.1, -0.05) is 12.8 Å². The van der Waals surface area contributed by atoms with Crippen LogP contribution in [-0.4, -0.2) is 49.6 Å². The van der Waals surface area contributed by atoms with Gasteiger partial charge in [0.25, 0.3) is 5.91 Å². The number of carbonyl (C=O) groups is 1. The number of carbonyl (C=O) groups excluding carboxylic acids is 1. The monoisotopic (exact) mass is 398 g/mol. The molecule has 4 rings (SSSR count). The number of hydrogen-bond acceptors (Lipinski definition) is 4. The van der Waals surface area contributed by atoms with E-state index in [1.165, 1.54) is 0 Å². The molecule has 3 fully saturated rings. The summed E-state index contributed by atoms with van der Waals surface area (Å²) < 4.78 is 25.3. The lowest BCUT2D eigenvalue weighted by molar-refractivity contribution is 0.0680. The average Bonchev–Trinajstić information content (AvgIpc) is 3.22. The standard InChI is InChI=1S/C19H26N2O3S.ClH/c22-19(21-15-7-8-16(21)13-20-12-11-15)14-5-9-18(10-6-14)25(23,24)17-3-1-2-4-17;/h5-6,9-10,15-17,20H,1-4,7-8,11-13H2;1H. The molecule has 2 bridgehead atoms. The van der Waals surface area contributed by atoms with E-state index >= 15 is 0 Å². The predicted octanol–water partition coefficient (Wildman–Crippen LogP) is 2.79. The number of nitrogens with one attached hydrogen (secondary N) is 1. The van der Waals surface area contributed by atoms with Crippen molar-refractivity contribution < 1.29 is 13.2 Å². The Labute approximate surface area is 161 Å². The van der Waals surface area contributed by atoms with Crippen molar-refractivity contribution in [2.45, 2.75) is 67.2 Å². The van der Waals surface area contributed by atoms with Gasteiger partial charge in [0.1, 0.15) is 0 Å². The highest BCUT2D eigenvalue weighted by molar-refractivity contribution is 7.92. The molecule has 144 valence electrons. The summed E-state index contributed by atoms with van der Waals surface area (Å²) in [5.41, 5.74) is 0.601. The highest BCUT2D eigenvalue weighted by atomic mass is 35.5. The molecular weight excluding hydrogens is 372 g/mol. The van der Waals surface area contributed by atoms with E-state index in [1.54, 1.807) is 24.3 Å². The second-order valence-corrected chi connectivity index (χ2v) is 9.79. The molecule has 0 aromatic heterocycles. The third-order valence-electron chi connectivity index (χ3n) is 6.06. The predicted molar refractivity (Wildman–Crippen MR) is 104 cm³/mol. The average molecular weight is 399 g/mol. The number of sulfone groups is 1. The molecule has 2 heterocycles. The van der Waals surface area contributed by atoms with Gasteiger partial charge in [0.2, 0.25) is 0 Å². The Balaban J connectivity index is 0.00000196. The molecule has 2 unspecified atom stereocenters. The van der Waals surface area contributed by atoms with Gasteiger partial charge in [0.15, 0.2) is 9.84 Å². The number of hydrogen-bond donors (Lipinski definition) is 1. The zero-order valence-corrected chi connectivity index (χ0v) is 16.5. The number of halogens is 1. The first-order chi connectivity index (χ1) is 12.1. The molecular formula is C19H27ClN2O3S. The highest BCUT2D eigenvalue weighted by Gasteiger charge is 2.38. The Morgan fingerprint density at radius 1 is 0.962 bits per heavy atom. The van der Waals surface area contributed by atoms with Gasteiger partial charge in [-0.3, -0.25) is 4.79 Å².